The molecule has 1 N–H and O–H groups in total. The molecule has 0 spiro atoms. The topological polar surface area (TPSA) is 25.2 Å². The maximum atomic E-state index is 12.8. The Morgan fingerprint density at radius 1 is 1.21 bits per heavy atom. The zero-order chi connectivity index (χ0) is 13.9. The minimum absolute atomic E-state index is 0.0694. The van der Waals surface area contributed by atoms with Crippen LogP contribution >= 0.6 is 0 Å². The molecule has 19 heavy (non-hydrogen) atoms. The second-order valence-electron chi connectivity index (χ2n) is 4.31. The summed E-state index contributed by atoms with van der Waals surface area (Å²) in [5.41, 5.74) is 0.553. The molecule has 0 amide bonds. The number of rotatable bonds is 4. The van der Waals surface area contributed by atoms with Crippen molar-refractivity contribution >= 4 is 0 Å². The Morgan fingerprint density at radius 3 is 2.58 bits per heavy atom. The first-order chi connectivity index (χ1) is 8.98. The van der Waals surface area contributed by atoms with E-state index in [1.807, 2.05) is 6.92 Å². The van der Waals surface area contributed by atoms with Crippen molar-refractivity contribution in [3.8, 4) is 0 Å². The van der Waals surface area contributed by atoms with Gasteiger partial charge in [-0.25, -0.2) is 0 Å². The minimum atomic E-state index is -4.32. The van der Waals surface area contributed by atoms with Crippen molar-refractivity contribution in [2.24, 2.45) is 0 Å². The lowest BCUT2D eigenvalue weighted by atomic mass is 10.1. The van der Waals surface area contributed by atoms with Crippen LogP contribution in [0.25, 0.3) is 0 Å². The maximum absolute atomic E-state index is 12.8. The molecule has 2 aromatic rings. The number of alkyl halides is 3. The third-order valence-corrected chi connectivity index (χ3v) is 2.96. The van der Waals surface area contributed by atoms with Crippen LogP contribution in [0.4, 0.5) is 13.2 Å². The first-order valence-electron chi connectivity index (χ1n) is 5.89. The molecule has 0 aliphatic carbocycles. The van der Waals surface area contributed by atoms with Crippen LogP contribution in [0, 0.1) is 0 Å². The molecule has 0 saturated heterocycles. The molecule has 0 saturated carbocycles. The molecule has 1 unspecified atom stereocenters. The van der Waals surface area contributed by atoms with Crippen LogP contribution in [0.5, 0.6) is 0 Å². The fourth-order valence-corrected chi connectivity index (χ4v) is 1.85. The third kappa shape index (κ3) is 3.38. The van der Waals surface area contributed by atoms with E-state index in [0.29, 0.717) is 0 Å². The average molecular weight is 269 g/mol. The number of hydrogen-bond donors (Lipinski definition) is 1. The Hall–Kier alpha value is -1.75. The monoisotopic (exact) mass is 269 g/mol. The SMILES string of the molecule is CC(NCc1ccccc1C(F)(F)F)c1ccoc1. The van der Waals surface area contributed by atoms with Crippen LogP contribution in [0.1, 0.15) is 29.7 Å². The van der Waals surface area contributed by atoms with Gasteiger partial charge in [0, 0.05) is 18.2 Å². The van der Waals surface area contributed by atoms with E-state index < -0.39 is 11.7 Å². The van der Waals surface area contributed by atoms with Gasteiger partial charge in [0.05, 0.1) is 18.1 Å². The van der Waals surface area contributed by atoms with Crippen LogP contribution < -0.4 is 5.32 Å². The molecule has 5 heteroatoms. The highest BCUT2D eigenvalue weighted by molar-refractivity contribution is 5.29. The summed E-state index contributed by atoms with van der Waals surface area (Å²) >= 11 is 0. The lowest BCUT2D eigenvalue weighted by Gasteiger charge is -2.16. The van der Waals surface area contributed by atoms with Gasteiger partial charge >= 0.3 is 6.18 Å². The Kier molecular flexibility index (Phi) is 3.95. The van der Waals surface area contributed by atoms with Gasteiger partial charge in [-0.05, 0) is 24.6 Å². The molecule has 0 radical (unpaired) electrons. The van der Waals surface area contributed by atoms with Gasteiger partial charge in [-0.1, -0.05) is 18.2 Å². The Balaban J connectivity index is 2.08. The van der Waals surface area contributed by atoms with Crippen molar-refractivity contribution in [2.75, 3.05) is 0 Å². The van der Waals surface area contributed by atoms with Crippen molar-refractivity contribution in [3.05, 3.63) is 59.5 Å². The van der Waals surface area contributed by atoms with Gasteiger partial charge in [0.1, 0.15) is 0 Å². The van der Waals surface area contributed by atoms with Gasteiger partial charge in [-0.2, -0.15) is 13.2 Å². The number of nitrogens with one attached hydrogen (secondary N) is 1. The molecule has 0 aliphatic heterocycles. The molecule has 102 valence electrons. The molecule has 0 bridgehead atoms. The lowest BCUT2D eigenvalue weighted by Crippen LogP contribution is -2.20. The van der Waals surface area contributed by atoms with Crippen molar-refractivity contribution in [3.63, 3.8) is 0 Å². The maximum Gasteiger partial charge on any atom is 0.416 e. The zero-order valence-corrected chi connectivity index (χ0v) is 10.4. The lowest BCUT2D eigenvalue weighted by molar-refractivity contribution is -0.138. The third-order valence-electron chi connectivity index (χ3n) is 2.96. The van der Waals surface area contributed by atoms with Crippen LogP contribution in [0.3, 0.4) is 0 Å². The van der Waals surface area contributed by atoms with Crippen molar-refractivity contribution in [1.82, 2.24) is 5.32 Å². The highest BCUT2D eigenvalue weighted by Crippen LogP contribution is 2.32. The van der Waals surface area contributed by atoms with E-state index in [4.69, 9.17) is 4.42 Å². The van der Waals surface area contributed by atoms with Gasteiger partial charge in [-0.15, -0.1) is 0 Å². The summed E-state index contributed by atoms with van der Waals surface area (Å²) in [6.45, 7) is 2.03. The molecule has 2 rings (SSSR count). The van der Waals surface area contributed by atoms with Gasteiger partial charge in [-0.3, -0.25) is 0 Å². The smallest absolute Gasteiger partial charge is 0.416 e. The molecule has 0 fully saturated rings. The molecule has 1 aromatic heterocycles. The largest absolute Gasteiger partial charge is 0.472 e. The van der Waals surface area contributed by atoms with E-state index >= 15 is 0 Å². The second-order valence-corrected chi connectivity index (χ2v) is 4.31. The minimum Gasteiger partial charge on any atom is -0.472 e. The van der Waals surface area contributed by atoms with E-state index in [1.54, 1.807) is 18.4 Å². The van der Waals surface area contributed by atoms with Gasteiger partial charge in [0.15, 0.2) is 0 Å². The summed E-state index contributed by atoms with van der Waals surface area (Å²) in [6.07, 6.45) is -1.21. The molecule has 1 aromatic carbocycles. The van der Waals surface area contributed by atoms with Crippen LogP contribution in [-0.2, 0) is 12.7 Å². The van der Waals surface area contributed by atoms with E-state index in [1.165, 1.54) is 18.4 Å². The first kappa shape index (κ1) is 13.7. The first-order valence-corrected chi connectivity index (χ1v) is 5.89. The Labute approximate surface area is 109 Å². The summed E-state index contributed by atoms with van der Waals surface area (Å²) in [7, 11) is 0. The highest BCUT2D eigenvalue weighted by atomic mass is 19.4. The number of halogens is 3. The molecule has 1 heterocycles. The quantitative estimate of drug-likeness (QED) is 0.902. The van der Waals surface area contributed by atoms with E-state index in [2.05, 4.69) is 5.32 Å². The molecule has 1 atom stereocenters. The molecule has 2 nitrogen and oxygen atoms in total. The van der Waals surface area contributed by atoms with Gasteiger partial charge < -0.3 is 9.73 Å². The molecule has 0 aliphatic rings. The van der Waals surface area contributed by atoms with Crippen LogP contribution in [0.2, 0.25) is 0 Å². The standard InChI is InChI=1S/C14H14F3NO/c1-10(12-6-7-19-9-12)18-8-11-4-2-3-5-13(11)14(15,16)17/h2-7,9-10,18H,8H2,1H3. The summed E-state index contributed by atoms with van der Waals surface area (Å²) < 4.78 is 43.4. The van der Waals surface area contributed by atoms with E-state index in [9.17, 15) is 13.2 Å². The van der Waals surface area contributed by atoms with Crippen molar-refractivity contribution < 1.29 is 17.6 Å². The van der Waals surface area contributed by atoms with Gasteiger partial charge in [0.2, 0.25) is 0 Å². The van der Waals surface area contributed by atoms with Crippen LogP contribution in [0.15, 0.2) is 47.3 Å². The Bertz CT molecular complexity index is 520. The summed E-state index contributed by atoms with van der Waals surface area (Å²) in [5.74, 6) is 0. The second kappa shape index (κ2) is 5.48. The predicted octanol–water partition coefficient (Wildman–Crippen LogP) is 4.15. The van der Waals surface area contributed by atoms with Gasteiger partial charge in [0.25, 0.3) is 0 Å². The molecular weight excluding hydrogens is 255 g/mol. The van der Waals surface area contributed by atoms with E-state index in [-0.39, 0.29) is 18.2 Å². The highest BCUT2D eigenvalue weighted by Gasteiger charge is 2.32. The number of furan rings is 1. The normalized spacial score (nSPS) is 13.5. The number of hydrogen-bond acceptors (Lipinski definition) is 2. The summed E-state index contributed by atoms with van der Waals surface area (Å²) in [6, 6.07) is 7.30. The summed E-state index contributed by atoms with van der Waals surface area (Å²) in [5, 5.41) is 3.05. The predicted molar refractivity (Wildman–Crippen MR) is 65.4 cm³/mol. The molecular formula is C14H14F3NO. The summed E-state index contributed by atoms with van der Waals surface area (Å²) in [4.78, 5) is 0. The zero-order valence-electron chi connectivity index (χ0n) is 10.4. The van der Waals surface area contributed by atoms with E-state index in [0.717, 1.165) is 11.6 Å². The van der Waals surface area contributed by atoms with Crippen LogP contribution in [-0.4, -0.2) is 0 Å². The Morgan fingerprint density at radius 2 is 1.95 bits per heavy atom. The number of benzene rings is 1. The van der Waals surface area contributed by atoms with Crippen molar-refractivity contribution in [2.45, 2.75) is 25.7 Å². The van der Waals surface area contributed by atoms with Crippen molar-refractivity contribution in [1.29, 1.82) is 0 Å². The fraction of sp³-hybridized carbons (Fsp3) is 0.286. The average Bonchev–Trinajstić information content (AvgIpc) is 2.89. The fourth-order valence-electron chi connectivity index (χ4n) is 1.85.